The van der Waals surface area contributed by atoms with Crippen molar-refractivity contribution < 1.29 is 4.42 Å². The van der Waals surface area contributed by atoms with Gasteiger partial charge in [-0.1, -0.05) is 6.92 Å². The molecule has 0 aliphatic rings. The minimum absolute atomic E-state index is 1.07. The second-order valence-corrected chi connectivity index (χ2v) is 1.67. The van der Waals surface area contributed by atoms with Gasteiger partial charge in [0.1, 0.15) is 0 Å². The van der Waals surface area contributed by atoms with Gasteiger partial charge in [-0.15, -0.1) is 0 Å². The highest BCUT2D eigenvalue weighted by atomic mass is 16.3. The molecule has 0 bridgehead atoms. The molecular weight excluding hydrogens is 100 g/mol. The number of rotatable bonds is 2. The van der Waals surface area contributed by atoms with E-state index in [-0.39, 0.29) is 0 Å². The zero-order valence-electron chi connectivity index (χ0n) is 4.92. The highest BCUT2D eigenvalue weighted by Gasteiger charge is 1.88. The van der Waals surface area contributed by atoms with Crippen molar-refractivity contribution in [3.05, 3.63) is 30.6 Å². The largest absolute Gasteiger partial charge is 0.472 e. The Balaban J connectivity index is 2.50. The molecule has 0 spiro atoms. The molecule has 0 saturated carbocycles. The standard InChI is InChI=1S/C7H9O/c1-2-3-7-4-5-8-6-7/h3-6H,2H2,1H3. The number of hydrogen-bond acceptors (Lipinski definition) is 1. The molecule has 1 heterocycles. The van der Waals surface area contributed by atoms with E-state index >= 15 is 0 Å². The van der Waals surface area contributed by atoms with Crippen molar-refractivity contribution in [2.75, 3.05) is 0 Å². The molecule has 0 amide bonds. The maximum Gasteiger partial charge on any atom is 0.0937 e. The smallest absolute Gasteiger partial charge is 0.0937 e. The summed E-state index contributed by atoms with van der Waals surface area (Å²) in [6.07, 6.45) is 6.61. The molecule has 0 saturated heterocycles. The number of hydrogen-bond donors (Lipinski definition) is 0. The van der Waals surface area contributed by atoms with Crippen LogP contribution in [0.2, 0.25) is 0 Å². The zero-order chi connectivity index (χ0) is 5.82. The summed E-state index contributed by atoms with van der Waals surface area (Å²) in [4.78, 5) is 0. The van der Waals surface area contributed by atoms with Crippen LogP contribution in [0.4, 0.5) is 0 Å². The van der Waals surface area contributed by atoms with E-state index in [4.69, 9.17) is 4.42 Å². The molecule has 8 heavy (non-hydrogen) atoms. The molecular formula is C7H9O. The molecule has 0 aromatic carbocycles. The van der Waals surface area contributed by atoms with Crippen LogP contribution in [0.25, 0.3) is 0 Å². The molecule has 0 unspecified atom stereocenters. The molecule has 1 heteroatoms. The summed E-state index contributed by atoms with van der Waals surface area (Å²) in [6.45, 7) is 2.10. The third kappa shape index (κ3) is 1.12. The van der Waals surface area contributed by atoms with Gasteiger partial charge in [-0.3, -0.25) is 0 Å². The fraction of sp³-hybridized carbons (Fsp3) is 0.286. The summed E-state index contributed by atoms with van der Waals surface area (Å²) in [6, 6.07) is 1.95. The SMILES string of the molecule is CC[CH]c1ccoc1. The van der Waals surface area contributed by atoms with Gasteiger partial charge in [0, 0.05) is 0 Å². The van der Waals surface area contributed by atoms with Crippen molar-refractivity contribution in [2.24, 2.45) is 0 Å². The molecule has 0 fully saturated rings. The predicted octanol–water partition coefficient (Wildman–Crippen LogP) is 2.24. The van der Waals surface area contributed by atoms with E-state index in [1.54, 1.807) is 12.5 Å². The van der Waals surface area contributed by atoms with Crippen LogP contribution in [-0.2, 0) is 0 Å². The van der Waals surface area contributed by atoms with E-state index in [9.17, 15) is 0 Å². The third-order valence-corrected chi connectivity index (χ3v) is 0.983. The van der Waals surface area contributed by atoms with Crippen LogP contribution in [0.3, 0.4) is 0 Å². The lowest BCUT2D eigenvalue weighted by molar-refractivity contribution is 0.565. The Labute approximate surface area is 49.3 Å². The second-order valence-electron chi connectivity index (χ2n) is 1.67. The van der Waals surface area contributed by atoms with Crippen molar-refractivity contribution in [1.82, 2.24) is 0 Å². The summed E-state index contributed by atoms with van der Waals surface area (Å²) in [7, 11) is 0. The van der Waals surface area contributed by atoms with Gasteiger partial charge < -0.3 is 4.42 Å². The van der Waals surface area contributed by atoms with Crippen LogP contribution in [-0.4, -0.2) is 0 Å². The van der Waals surface area contributed by atoms with Gasteiger partial charge in [0.2, 0.25) is 0 Å². The van der Waals surface area contributed by atoms with E-state index in [0.29, 0.717) is 0 Å². The van der Waals surface area contributed by atoms with Crippen LogP contribution in [0.15, 0.2) is 23.0 Å². The van der Waals surface area contributed by atoms with Gasteiger partial charge in [-0.25, -0.2) is 0 Å². The molecule has 1 rings (SSSR count). The van der Waals surface area contributed by atoms with E-state index < -0.39 is 0 Å². The Morgan fingerprint density at radius 2 is 2.62 bits per heavy atom. The van der Waals surface area contributed by atoms with E-state index in [1.165, 1.54) is 5.56 Å². The van der Waals surface area contributed by atoms with Crippen molar-refractivity contribution in [3.8, 4) is 0 Å². The number of furan rings is 1. The highest BCUT2D eigenvalue weighted by molar-refractivity contribution is 5.15. The molecule has 0 aliphatic heterocycles. The predicted molar refractivity (Wildman–Crippen MR) is 32.4 cm³/mol. The van der Waals surface area contributed by atoms with Gasteiger partial charge in [-0.05, 0) is 24.5 Å². The van der Waals surface area contributed by atoms with E-state index in [1.807, 2.05) is 6.07 Å². The summed E-state index contributed by atoms with van der Waals surface area (Å²) < 4.78 is 4.84. The molecule has 1 nitrogen and oxygen atoms in total. The first-order valence-electron chi connectivity index (χ1n) is 2.79. The molecule has 1 radical (unpaired) electrons. The van der Waals surface area contributed by atoms with Crippen LogP contribution < -0.4 is 0 Å². The minimum Gasteiger partial charge on any atom is -0.472 e. The van der Waals surface area contributed by atoms with Crippen molar-refractivity contribution in [3.63, 3.8) is 0 Å². The third-order valence-electron chi connectivity index (χ3n) is 0.983. The second kappa shape index (κ2) is 2.55. The average Bonchev–Trinajstić information content (AvgIpc) is 2.19. The quantitative estimate of drug-likeness (QED) is 0.567. The molecule has 43 valence electrons. The van der Waals surface area contributed by atoms with Crippen LogP contribution in [0.5, 0.6) is 0 Å². The minimum atomic E-state index is 1.07. The fourth-order valence-electron chi connectivity index (χ4n) is 0.627. The van der Waals surface area contributed by atoms with Crippen molar-refractivity contribution in [2.45, 2.75) is 13.3 Å². The van der Waals surface area contributed by atoms with Gasteiger partial charge in [-0.2, -0.15) is 0 Å². The summed E-state index contributed by atoms with van der Waals surface area (Å²) >= 11 is 0. The monoisotopic (exact) mass is 109 g/mol. The maximum absolute atomic E-state index is 4.84. The maximum atomic E-state index is 4.84. The first-order valence-corrected chi connectivity index (χ1v) is 2.79. The van der Waals surface area contributed by atoms with Gasteiger partial charge in [0.05, 0.1) is 12.5 Å². The normalized spacial score (nSPS) is 9.62. The summed E-state index contributed by atoms with van der Waals surface area (Å²) in [5.74, 6) is 0. The van der Waals surface area contributed by atoms with Gasteiger partial charge in [0.15, 0.2) is 0 Å². The van der Waals surface area contributed by atoms with E-state index in [0.717, 1.165) is 6.42 Å². The summed E-state index contributed by atoms with van der Waals surface area (Å²) in [5, 5.41) is 0. The lowest BCUT2D eigenvalue weighted by atomic mass is 10.2. The highest BCUT2D eigenvalue weighted by Crippen LogP contribution is 2.04. The van der Waals surface area contributed by atoms with Crippen LogP contribution >= 0.6 is 0 Å². The van der Waals surface area contributed by atoms with Crippen molar-refractivity contribution >= 4 is 0 Å². The van der Waals surface area contributed by atoms with Gasteiger partial charge in [0.25, 0.3) is 0 Å². The zero-order valence-corrected chi connectivity index (χ0v) is 4.92. The average molecular weight is 109 g/mol. The van der Waals surface area contributed by atoms with Crippen LogP contribution in [0.1, 0.15) is 18.9 Å². The summed E-state index contributed by atoms with van der Waals surface area (Å²) in [5.41, 5.74) is 1.17. The molecule has 1 aromatic rings. The van der Waals surface area contributed by atoms with Crippen molar-refractivity contribution in [1.29, 1.82) is 0 Å². The molecule has 1 aromatic heterocycles. The first kappa shape index (κ1) is 5.42. The van der Waals surface area contributed by atoms with Gasteiger partial charge >= 0.3 is 0 Å². The Hall–Kier alpha value is -0.720. The lowest BCUT2D eigenvalue weighted by Gasteiger charge is -1.83. The molecule has 0 aliphatic carbocycles. The first-order chi connectivity index (χ1) is 3.93. The Kier molecular flexibility index (Phi) is 1.73. The van der Waals surface area contributed by atoms with E-state index in [2.05, 4.69) is 13.3 Å². The topological polar surface area (TPSA) is 13.1 Å². The fourth-order valence-corrected chi connectivity index (χ4v) is 0.627. The Bertz CT molecular complexity index is 130. The lowest BCUT2D eigenvalue weighted by Crippen LogP contribution is -1.69. The Morgan fingerprint density at radius 3 is 3.12 bits per heavy atom. The molecule has 0 atom stereocenters. The Morgan fingerprint density at radius 1 is 1.75 bits per heavy atom. The molecule has 0 N–H and O–H groups in total. The van der Waals surface area contributed by atoms with Crippen LogP contribution in [0, 0.1) is 6.42 Å².